The van der Waals surface area contributed by atoms with Crippen LogP contribution in [-0.4, -0.2) is 29.7 Å². The van der Waals surface area contributed by atoms with Gasteiger partial charge < -0.3 is 5.01 Å². The first-order valence-electron chi connectivity index (χ1n) is 5.27. The lowest BCUT2D eigenvalue weighted by Gasteiger charge is -2.30. The van der Waals surface area contributed by atoms with Crippen LogP contribution in [0.4, 0.5) is 0 Å². The van der Waals surface area contributed by atoms with E-state index in [4.69, 9.17) is 0 Å². The number of likely N-dealkylation sites (N-methyl/N-ethyl adjacent to an activating group) is 1. The summed E-state index contributed by atoms with van der Waals surface area (Å²) in [7, 11) is 2.18. The minimum absolute atomic E-state index is 0.580. The third kappa shape index (κ3) is 1.88. The van der Waals surface area contributed by atoms with Gasteiger partial charge in [0.25, 0.3) is 0 Å². The molecule has 0 aliphatic carbocycles. The summed E-state index contributed by atoms with van der Waals surface area (Å²) in [4.78, 5) is 0. The van der Waals surface area contributed by atoms with Crippen LogP contribution in [0.2, 0.25) is 0 Å². The van der Waals surface area contributed by atoms with Gasteiger partial charge in [-0.3, -0.25) is 0 Å². The molecule has 1 aliphatic heterocycles. The predicted octanol–water partition coefficient (Wildman–Crippen LogP) is 2.63. The highest BCUT2D eigenvalue weighted by Crippen LogP contribution is 2.26. The summed E-state index contributed by atoms with van der Waals surface area (Å²) in [6.07, 6.45) is 2.55. The molecule has 13 heavy (non-hydrogen) atoms. The van der Waals surface area contributed by atoms with Gasteiger partial charge in [-0.1, -0.05) is 13.3 Å². The summed E-state index contributed by atoms with van der Waals surface area (Å²) < 4.78 is 0. The quantitative estimate of drug-likeness (QED) is 0.662. The summed E-state index contributed by atoms with van der Waals surface area (Å²) in [6.45, 7) is 10.1. The first-order chi connectivity index (χ1) is 6.09. The van der Waals surface area contributed by atoms with E-state index in [-0.39, 0.29) is 0 Å². The van der Waals surface area contributed by atoms with Crippen molar-refractivity contribution in [2.24, 2.45) is 0 Å². The smallest absolute Gasteiger partial charge is 0.0488 e. The summed E-state index contributed by atoms with van der Waals surface area (Å²) in [5.74, 6) is 0. The summed E-state index contributed by atoms with van der Waals surface area (Å²) in [5.41, 5.74) is 2.96. The van der Waals surface area contributed by atoms with Crippen LogP contribution in [0.5, 0.6) is 0 Å². The van der Waals surface area contributed by atoms with Crippen molar-refractivity contribution >= 4 is 0 Å². The predicted molar refractivity (Wildman–Crippen MR) is 57.2 cm³/mol. The number of allylic oxidation sites excluding steroid dienone is 1. The molecule has 0 bridgehead atoms. The Hall–Kier alpha value is -0.500. The van der Waals surface area contributed by atoms with Gasteiger partial charge >= 0.3 is 0 Å². The van der Waals surface area contributed by atoms with Crippen molar-refractivity contribution in [1.82, 2.24) is 10.0 Å². The average Bonchev–Trinajstić information content (AvgIpc) is 2.30. The van der Waals surface area contributed by atoms with Crippen LogP contribution in [0, 0.1) is 0 Å². The molecule has 1 rings (SSSR count). The Morgan fingerprint density at radius 1 is 1.31 bits per heavy atom. The molecular formula is C11H22N2. The van der Waals surface area contributed by atoms with E-state index in [0.29, 0.717) is 6.04 Å². The Balaban J connectivity index is 2.65. The molecule has 0 radical (unpaired) electrons. The number of hydrazine groups is 1. The third-order valence-electron chi connectivity index (χ3n) is 3.25. The zero-order valence-electron chi connectivity index (χ0n) is 9.59. The minimum atomic E-state index is 0.580. The largest absolute Gasteiger partial charge is 0.310 e. The van der Waals surface area contributed by atoms with Crippen LogP contribution in [-0.2, 0) is 0 Å². The van der Waals surface area contributed by atoms with E-state index in [1.807, 2.05) is 0 Å². The normalized spacial score (nSPS) is 24.7. The van der Waals surface area contributed by atoms with Crippen molar-refractivity contribution in [2.75, 3.05) is 13.6 Å². The Labute approximate surface area is 82.2 Å². The molecule has 0 spiro atoms. The van der Waals surface area contributed by atoms with E-state index in [9.17, 15) is 0 Å². The van der Waals surface area contributed by atoms with E-state index in [1.165, 1.54) is 30.7 Å². The second-order valence-corrected chi connectivity index (χ2v) is 3.99. The molecule has 0 aromatic carbocycles. The van der Waals surface area contributed by atoms with Crippen LogP contribution in [0.15, 0.2) is 11.3 Å². The molecule has 2 nitrogen and oxygen atoms in total. The topological polar surface area (TPSA) is 6.48 Å². The van der Waals surface area contributed by atoms with Gasteiger partial charge in [0.2, 0.25) is 0 Å². The van der Waals surface area contributed by atoms with Crippen LogP contribution in [0.25, 0.3) is 0 Å². The van der Waals surface area contributed by atoms with Crippen LogP contribution >= 0.6 is 0 Å². The first-order valence-corrected chi connectivity index (χ1v) is 5.27. The molecule has 2 heteroatoms. The highest BCUT2D eigenvalue weighted by atomic mass is 15.6. The number of nitrogens with zero attached hydrogens (tertiary/aromatic N) is 2. The SMILES string of the molecule is CCCCN1C(C)=C(C)C(C)N1C. The maximum Gasteiger partial charge on any atom is 0.0488 e. The highest BCUT2D eigenvalue weighted by molar-refractivity contribution is 5.19. The third-order valence-corrected chi connectivity index (χ3v) is 3.25. The van der Waals surface area contributed by atoms with Gasteiger partial charge in [0.05, 0.1) is 0 Å². The highest BCUT2D eigenvalue weighted by Gasteiger charge is 2.27. The Bertz CT molecular complexity index is 208. The van der Waals surface area contributed by atoms with Crippen molar-refractivity contribution in [3.8, 4) is 0 Å². The molecule has 0 fully saturated rings. The van der Waals surface area contributed by atoms with E-state index in [1.54, 1.807) is 0 Å². The zero-order chi connectivity index (χ0) is 10.0. The average molecular weight is 182 g/mol. The molecule has 0 N–H and O–H groups in total. The van der Waals surface area contributed by atoms with Crippen molar-refractivity contribution in [3.63, 3.8) is 0 Å². The molecule has 76 valence electrons. The van der Waals surface area contributed by atoms with Crippen LogP contribution < -0.4 is 0 Å². The molecular weight excluding hydrogens is 160 g/mol. The molecule has 0 aromatic heterocycles. The Morgan fingerprint density at radius 2 is 1.92 bits per heavy atom. The number of hydrogen-bond donors (Lipinski definition) is 0. The molecule has 1 heterocycles. The first kappa shape index (κ1) is 10.6. The van der Waals surface area contributed by atoms with Crippen molar-refractivity contribution < 1.29 is 0 Å². The van der Waals surface area contributed by atoms with Gasteiger partial charge in [0, 0.05) is 25.3 Å². The molecule has 0 saturated carbocycles. The van der Waals surface area contributed by atoms with Gasteiger partial charge in [0.1, 0.15) is 0 Å². The number of unbranched alkanes of at least 4 members (excludes halogenated alkanes) is 1. The van der Waals surface area contributed by atoms with Crippen LogP contribution in [0.1, 0.15) is 40.5 Å². The number of rotatable bonds is 3. The van der Waals surface area contributed by atoms with E-state index in [2.05, 4.69) is 44.8 Å². The van der Waals surface area contributed by atoms with E-state index in [0.717, 1.165) is 0 Å². The fourth-order valence-corrected chi connectivity index (χ4v) is 1.87. The standard InChI is InChI=1S/C11H22N2/c1-6-7-8-13-11(4)9(2)10(3)12(13)5/h10H,6-8H2,1-5H3. The van der Waals surface area contributed by atoms with Crippen molar-refractivity contribution in [2.45, 2.75) is 46.6 Å². The minimum Gasteiger partial charge on any atom is -0.310 e. The Morgan fingerprint density at radius 3 is 2.31 bits per heavy atom. The lowest BCUT2D eigenvalue weighted by molar-refractivity contribution is 0.0387. The van der Waals surface area contributed by atoms with Crippen molar-refractivity contribution in [3.05, 3.63) is 11.3 Å². The van der Waals surface area contributed by atoms with Gasteiger partial charge in [-0.2, -0.15) is 0 Å². The summed E-state index contributed by atoms with van der Waals surface area (Å²) in [5, 5.41) is 4.75. The van der Waals surface area contributed by atoms with E-state index < -0.39 is 0 Å². The number of hydrogen-bond acceptors (Lipinski definition) is 2. The maximum atomic E-state index is 2.41. The molecule has 1 unspecified atom stereocenters. The lowest BCUT2D eigenvalue weighted by Crippen LogP contribution is -2.38. The lowest BCUT2D eigenvalue weighted by atomic mass is 10.1. The van der Waals surface area contributed by atoms with Gasteiger partial charge in [-0.05, 0) is 32.8 Å². The van der Waals surface area contributed by atoms with Gasteiger partial charge in [0.15, 0.2) is 0 Å². The fourth-order valence-electron chi connectivity index (χ4n) is 1.87. The maximum absolute atomic E-state index is 2.41. The molecule has 0 amide bonds. The zero-order valence-corrected chi connectivity index (χ0v) is 9.59. The second-order valence-electron chi connectivity index (χ2n) is 3.99. The fraction of sp³-hybridized carbons (Fsp3) is 0.818. The second kappa shape index (κ2) is 4.14. The summed E-state index contributed by atoms with van der Waals surface area (Å²) in [6, 6.07) is 0.580. The van der Waals surface area contributed by atoms with Crippen LogP contribution in [0.3, 0.4) is 0 Å². The molecule has 0 saturated heterocycles. The Kier molecular flexibility index (Phi) is 3.37. The summed E-state index contributed by atoms with van der Waals surface area (Å²) >= 11 is 0. The monoisotopic (exact) mass is 182 g/mol. The molecule has 1 aliphatic rings. The van der Waals surface area contributed by atoms with Gasteiger partial charge in [-0.25, -0.2) is 5.01 Å². The van der Waals surface area contributed by atoms with Gasteiger partial charge in [-0.15, -0.1) is 0 Å². The van der Waals surface area contributed by atoms with E-state index >= 15 is 0 Å². The van der Waals surface area contributed by atoms with Crippen molar-refractivity contribution in [1.29, 1.82) is 0 Å². The molecule has 1 atom stereocenters. The molecule has 0 aromatic rings.